The van der Waals surface area contributed by atoms with Crippen LogP contribution in [0.4, 0.5) is 0 Å². The number of nitrogens with one attached hydrogen (secondary N) is 2. The molecule has 1 aliphatic rings. The molecule has 1 amide bonds. The minimum absolute atomic E-state index is 0.233. The average Bonchev–Trinajstić information content (AvgIpc) is 2.16. The summed E-state index contributed by atoms with van der Waals surface area (Å²) < 4.78 is 0. The molecular weight excluding hydrogens is 168 g/mol. The van der Waals surface area contributed by atoms with E-state index in [4.69, 9.17) is 5.21 Å². The predicted molar refractivity (Wildman–Crippen MR) is 49.4 cm³/mol. The second-order valence-electron chi connectivity index (χ2n) is 3.88. The van der Waals surface area contributed by atoms with Crippen LogP contribution in [0.1, 0.15) is 33.1 Å². The first-order chi connectivity index (χ1) is 6.14. The van der Waals surface area contributed by atoms with Crippen LogP contribution in [0.5, 0.6) is 0 Å². The van der Waals surface area contributed by atoms with Crippen LogP contribution in [0.3, 0.4) is 0 Å². The molecule has 76 valence electrons. The molecule has 0 aliphatic carbocycles. The quantitative estimate of drug-likeness (QED) is 0.438. The van der Waals surface area contributed by atoms with Crippen molar-refractivity contribution < 1.29 is 10.0 Å². The number of hydrogen-bond donors (Lipinski definition) is 3. The van der Waals surface area contributed by atoms with Gasteiger partial charge in [0.1, 0.15) is 0 Å². The summed E-state index contributed by atoms with van der Waals surface area (Å²) in [6.07, 6.45) is 2.39. The van der Waals surface area contributed by atoms with Crippen LogP contribution in [-0.2, 0) is 4.79 Å². The number of amides is 1. The molecule has 1 saturated heterocycles. The molecule has 2 unspecified atom stereocenters. The van der Waals surface area contributed by atoms with Crippen LogP contribution < -0.4 is 10.8 Å². The molecule has 1 fully saturated rings. The molecule has 0 aromatic heterocycles. The van der Waals surface area contributed by atoms with Gasteiger partial charge >= 0.3 is 0 Å². The van der Waals surface area contributed by atoms with E-state index in [0.717, 1.165) is 25.8 Å². The lowest BCUT2D eigenvalue weighted by Crippen LogP contribution is -2.49. The molecule has 4 heteroatoms. The van der Waals surface area contributed by atoms with Crippen molar-refractivity contribution in [1.82, 2.24) is 10.8 Å². The molecule has 3 N–H and O–H groups in total. The van der Waals surface area contributed by atoms with Gasteiger partial charge < -0.3 is 5.32 Å². The van der Waals surface area contributed by atoms with Gasteiger partial charge in [0.05, 0.1) is 5.41 Å². The van der Waals surface area contributed by atoms with E-state index in [2.05, 4.69) is 12.2 Å². The van der Waals surface area contributed by atoms with E-state index in [1.807, 2.05) is 6.92 Å². The van der Waals surface area contributed by atoms with E-state index in [0.29, 0.717) is 6.04 Å². The van der Waals surface area contributed by atoms with Gasteiger partial charge in [-0.1, -0.05) is 6.92 Å². The van der Waals surface area contributed by atoms with Gasteiger partial charge in [-0.3, -0.25) is 10.0 Å². The third-order valence-corrected chi connectivity index (χ3v) is 3.05. The number of carbonyl (C=O) groups is 1. The van der Waals surface area contributed by atoms with Crippen molar-refractivity contribution in [3.05, 3.63) is 0 Å². The molecular formula is C9H18N2O2. The van der Waals surface area contributed by atoms with E-state index in [-0.39, 0.29) is 11.3 Å². The van der Waals surface area contributed by atoms with Crippen LogP contribution in [0.2, 0.25) is 0 Å². The zero-order valence-corrected chi connectivity index (χ0v) is 8.26. The van der Waals surface area contributed by atoms with Crippen LogP contribution in [0.25, 0.3) is 0 Å². The van der Waals surface area contributed by atoms with Crippen molar-refractivity contribution in [2.24, 2.45) is 5.41 Å². The van der Waals surface area contributed by atoms with Crippen molar-refractivity contribution >= 4 is 5.91 Å². The topological polar surface area (TPSA) is 61.4 Å². The Bertz CT molecular complexity index is 196. The fourth-order valence-corrected chi connectivity index (χ4v) is 2.12. The molecule has 0 radical (unpaired) electrons. The molecule has 1 rings (SSSR count). The van der Waals surface area contributed by atoms with Gasteiger partial charge in [-0.2, -0.15) is 0 Å². The average molecular weight is 186 g/mol. The lowest BCUT2D eigenvalue weighted by Gasteiger charge is -2.37. The summed E-state index contributed by atoms with van der Waals surface area (Å²) in [6, 6.07) is 0.353. The van der Waals surface area contributed by atoms with Gasteiger partial charge in [-0.05, 0) is 32.7 Å². The number of rotatable bonds is 2. The lowest BCUT2D eigenvalue weighted by atomic mass is 9.73. The Balaban J connectivity index is 2.73. The summed E-state index contributed by atoms with van der Waals surface area (Å²) in [6.45, 7) is 4.91. The Morgan fingerprint density at radius 1 is 1.77 bits per heavy atom. The van der Waals surface area contributed by atoms with Gasteiger partial charge in [-0.25, -0.2) is 5.48 Å². The zero-order valence-electron chi connectivity index (χ0n) is 8.26. The zero-order chi connectivity index (χ0) is 9.90. The Morgan fingerprint density at radius 2 is 2.46 bits per heavy atom. The Kier molecular flexibility index (Phi) is 3.27. The highest BCUT2D eigenvalue weighted by atomic mass is 16.5. The summed E-state index contributed by atoms with van der Waals surface area (Å²) >= 11 is 0. The van der Waals surface area contributed by atoms with E-state index in [1.165, 1.54) is 0 Å². The van der Waals surface area contributed by atoms with Gasteiger partial charge in [0.15, 0.2) is 0 Å². The number of hydrogen-bond acceptors (Lipinski definition) is 3. The van der Waals surface area contributed by atoms with Crippen LogP contribution in [0.15, 0.2) is 0 Å². The van der Waals surface area contributed by atoms with Crippen molar-refractivity contribution in [2.75, 3.05) is 6.54 Å². The first-order valence-electron chi connectivity index (χ1n) is 4.82. The second-order valence-corrected chi connectivity index (χ2v) is 3.88. The number of hydroxylamine groups is 1. The molecule has 2 atom stereocenters. The van der Waals surface area contributed by atoms with Crippen molar-refractivity contribution in [3.8, 4) is 0 Å². The smallest absolute Gasteiger partial charge is 0.249 e. The fourth-order valence-electron chi connectivity index (χ4n) is 2.12. The fraction of sp³-hybridized carbons (Fsp3) is 0.889. The minimum Gasteiger partial charge on any atom is -0.314 e. The maximum absolute atomic E-state index is 11.5. The molecule has 0 spiro atoms. The Morgan fingerprint density at radius 3 is 2.92 bits per heavy atom. The largest absolute Gasteiger partial charge is 0.314 e. The summed E-state index contributed by atoms with van der Waals surface area (Å²) in [4.78, 5) is 11.5. The normalized spacial score (nSPS) is 34.2. The van der Waals surface area contributed by atoms with Crippen LogP contribution in [-0.4, -0.2) is 23.7 Å². The summed E-state index contributed by atoms with van der Waals surface area (Å²) in [7, 11) is 0. The summed E-state index contributed by atoms with van der Waals surface area (Å²) in [5.74, 6) is -0.233. The standard InChI is InChI=1S/C9H18N2O2/c1-3-9(8(12)11-13)4-5-10-7(2)6-9/h7,10,13H,3-6H2,1-2H3,(H,11,12). The summed E-state index contributed by atoms with van der Waals surface area (Å²) in [5, 5.41) is 11.9. The predicted octanol–water partition coefficient (Wildman–Crippen LogP) is 0.660. The minimum atomic E-state index is -0.362. The Hall–Kier alpha value is -0.610. The summed E-state index contributed by atoms with van der Waals surface area (Å²) in [5.41, 5.74) is 1.42. The Labute approximate surface area is 78.7 Å². The molecule has 1 aliphatic heterocycles. The highest BCUT2D eigenvalue weighted by Gasteiger charge is 2.39. The van der Waals surface area contributed by atoms with E-state index in [9.17, 15) is 4.79 Å². The van der Waals surface area contributed by atoms with Crippen LogP contribution in [0, 0.1) is 5.41 Å². The van der Waals surface area contributed by atoms with Crippen molar-refractivity contribution in [2.45, 2.75) is 39.2 Å². The molecule has 1 heterocycles. The van der Waals surface area contributed by atoms with E-state index >= 15 is 0 Å². The van der Waals surface area contributed by atoms with Gasteiger partial charge in [0.2, 0.25) is 5.91 Å². The molecule has 13 heavy (non-hydrogen) atoms. The molecule has 0 bridgehead atoms. The molecule has 0 saturated carbocycles. The maximum atomic E-state index is 11.5. The van der Waals surface area contributed by atoms with Gasteiger partial charge in [0, 0.05) is 6.04 Å². The number of piperidine rings is 1. The third-order valence-electron chi connectivity index (χ3n) is 3.05. The van der Waals surface area contributed by atoms with E-state index in [1.54, 1.807) is 5.48 Å². The highest BCUT2D eigenvalue weighted by Crippen LogP contribution is 2.34. The molecule has 4 nitrogen and oxygen atoms in total. The number of carbonyl (C=O) groups excluding carboxylic acids is 1. The van der Waals surface area contributed by atoms with Crippen LogP contribution >= 0.6 is 0 Å². The second kappa shape index (κ2) is 4.07. The molecule has 0 aromatic carbocycles. The van der Waals surface area contributed by atoms with Crippen molar-refractivity contribution in [1.29, 1.82) is 0 Å². The monoisotopic (exact) mass is 186 g/mol. The molecule has 0 aromatic rings. The first-order valence-corrected chi connectivity index (χ1v) is 4.82. The van der Waals surface area contributed by atoms with Gasteiger partial charge in [0.25, 0.3) is 0 Å². The SMILES string of the molecule is CCC1(C(=O)NO)CCNC(C)C1. The third kappa shape index (κ3) is 2.00. The van der Waals surface area contributed by atoms with E-state index < -0.39 is 0 Å². The lowest BCUT2D eigenvalue weighted by molar-refractivity contribution is -0.142. The first kappa shape index (κ1) is 10.5. The van der Waals surface area contributed by atoms with Gasteiger partial charge in [-0.15, -0.1) is 0 Å². The maximum Gasteiger partial charge on any atom is 0.249 e. The van der Waals surface area contributed by atoms with Crippen molar-refractivity contribution in [3.63, 3.8) is 0 Å². The highest BCUT2D eigenvalue weighted by molar-refractivity contribution is 5.81.